The summed E-state index contributed by atoms with van der Waals surface area (Å²) in [6.07, 6.45) is 1.43. The third-order valence-corrected chi connectivity index (χ3v) is 3.32. The van der Waals surface area contributed by atoms with E-state index in [4.69, 9.17) is 9.84 Å². The van der Waals surface area contributed by atoms with Gasteiger partial charge in [-0.1, -0.05) is 30.3 Å². The second-order valence-corrected chi connectivity index (χ2v) is 5.23. The third kappa shape index (κ3) is 4.67. The highest BCUT2D eigenvalue weighted by Crippen LogP contribution is 2.21. The largest absolute Gasteiger partial charge is 0.483 e. The van der Waals surface area contributed by atoms with Gasteiger partial charge < -0.3 is 9.84 Å². The lowest BCUT2D eigenvalue weighted by Crippen LogP contribution is -2.25. The van der Waals surface area contributed by atoms with E-state index in [1.54, 1.807) is 12.1 Å². The minimum absolute atomic E-state index is 0.138. The van der Waals surface area contributed by atoms with E-state index in [2.05, 4.69) is 10.5 Å². The molecule has 0 saturated carbocycles. The number of nitrogens with zero attached hydrogens (tertiary/aromatic N) is 1. The van der Waals surface area contributed by atoms with Crippen LogP contribution >= 0.6 is 0 Å². The van der Waals surface area contributed by atoms with Crippen LogP contribution in [0.4, 0.5) is 0 Å². The Labute approximate surface area is 139 Å². The van der Waals surface area contributed by atoms with Crippen molar-refractivity contribution in [3.63, 3.8) is 0 Å². The second kappa shape index (κ2) is 7.92. The highest BCUT2D eigenvalue weighted by Gasteiger charge is 2.06. The fourth-order valence-electron chi connectivity index (χ4n) is 2.09. The number of hydrogen-bond donors (Lipinski definition) is 2. The summed E-state index contributed by atoms with van der Waals surface area (Å²) in [5.41, 5.74) is 5.16. The van der Waals surface area contributed by atoms with Crippen LogP contribution in [0.5, 0.6) is 5.75 Å². The highest BCUT2D eigenvalue weighted by atomic mass is 16.5. The molecule has 124 valence electrons. The van der Waals surface area contributed by atoms with Gasteiger partial charge in [0.2, 0.25) is 0 Å². The van der Waals surface area contributed by atoms with E-state index in [-0.39, 0.29) is 18.1 Å². The van der Waals surface area contributed by atoms with Crippen LogP contribution in [-0.2, 0) is 4.79 Å². The Hall–Kier alpha value is -3.15. The quantitative estimate of drug-likeness (QED) is 0.631. The first-order chi connectivity index (χ1) is 11.5. The maximum atomic E-state index is 11.7. The maximum Gasteiger partial charge on any atom is 0.335 e. The molecule has 0 spiro atoms. The van der Waals surface area contributed by atoms with Gasteiger partial charge in [-0.2, -0.15) is 5.10 Å². The van der Waals surface area contributed by atoms with Crippen molar-refractivity contribution in [2.75, 3.05) is 6.61 Å². The summed E-state index contributed by atoms with van der Waals surface area (Å²) in [5, 5.41) is 12.6. The normalized spacial score (nSPS) is 10.6. The summed E-state index contributed by atoms with van der Waals surface area (Å²) >= 11 is 0. The van der Waals surface area contributed by atoms with Crippen molar-refractivity contribution in [3.8, 4) is 5.75 Å². The standard InChI is InChI=1S/C18H18N2O4/c1-12-4-3-5-13(2)17(12)24-11-16(21)20-19-10-14-6-8-15(9-7-14)18(22)23/h3-10H,11H2,1-2H3,(H,20,21)(H,22,23)/b19-10-. The number of para-hydroxylation sites is 1. The summed E-state index contributed by atoms with van der Waals surface area (Å²) in [7, 11) is 0. The molecule has 0 heterocycles. The predicted molar refractivity (Wildman–Crippen MR) is 90.5 cm³/mol. The molecule has 24 heavy (non-hydrogen) atoms. The molecular formula is C18H18N2O4. The number of ether oxygens (including phenoxy) is 1. The number of carboxylic acids is 1. The Morgan fingerprint density at radius 3 is 2.33 bits per heavy atom. The number of carbonyl (C=O) groups is 2. The Bertz CT molecular complexity index is 747. The molecule has 0 bridgehead atoms. The second-order valence-electron chi connectivity index (χ2n) is 5.23. The highest BCUT2D eigenvalue weighted by molar-refractivity contribution is 5.89. The van der Waals surface area contributed by atoms with Gasteiger partial charge in [0.15, 0.2) is 6.61 Å². The van der Waals surface area contributed by atoms with Gasteiger partial charge >= 0.3 is 5.97 Å². The minimum Gasteiger partial charge on any atom is -0.483 e. The number of carboxylic acid groups (broad SMARTS) is 1. The first-order valence-electron chi connectivity index (χ1n) is 7.31. The molecule has 2 rings (SSSR count). The summed E-state index contributed by atoms with van der Waals surface area (Å²) in [6, 6.07) is 11.9. The lowest BCUT2D eigenvalue weighted by atomic mass is 10.1. The average Bonchev–Trinajstić information content (AvgIpc) is 2.55. The number of benzene rings is 2. The zero-order chi connectivity index (χ0) is 17.5. The zero-order valence-corrected chi connectivity index (χ0v) is 13.4. The lowest BCUT2D eigenvalue weighted by Gasteiger charge is -2.10. The van der Waals surface area contributed by atoms with Crippen LogP contribution in [0.15, 0.2) is 47.6 Å². The average molecular weight is 326 g/mol. The molecule has 0 unspecified atom stereocenters. The molecule has 0 aliphatic carbocycles. The lowest BCUT2D eigenvalue weighted by molar-refractivity contribution is -0.123. The number of hydrazone groups is 1. The molecule has 2 N–H and O–H groups in total. The van der Waals surface area contributed by atoms with Gasteiger partial charge in [0.05, 0.1) is 11.8 Å². The number of amides is 1. The molecule has 0 saturated heterocycles. The topological polar surface area (TPSA) is 88.0 Å². The number of carbonyl (C=O) groups excluding carboxylic acids is 1. The molecule has 0 atom stereocenters. The first kappa shape index (κ1) is 17.2. The van der Waals surface area contributed by atoms with Gasteiger partial charge in [0.1, 0.15) is 5.75 Å². The van der Waals surface area contributed by atoms with Crippen LogP contribution < -0.4 is 10.2 Å². The van der Waals surface area contributed by atoms with Crippen molar-refractivity contribution in [1.29, 1.82) is 0 Å². The fourth-order valence-corrected chi connectivity index (χ4v) is 2.09. The van der Waals surface area contributed by atoms with Crippen LogP contribution in [-0.4, -0.2) is 29.8 Å². The zero-order valence-electron chi connectivity index (χ0n) is 13.4. The van der Waals surface area contributed by atoms with Gasteiger partial charge in [-0.3, -0.25) is 4.79 Å². The van der Waals surface area contributed by atoms with Crippen molar-refractivity contribution >= 4 is 18.1 Å². The molecule has 0 radical (unpaired) electrons. The van der Waals surface area contributed by atoms with E-state index in [1.807, 2.05) is 32.0 Å². The molecule has 2 aromatic rings. The SMILES string of the molecule is Cc1cccc(C)c1OCC(=O)N/N=C\c1ccc(C(=O)O)cc1. The summed E-state index contributed by atoms with van der Waals surface area (Å²) in [4.78, 5) is 22.5. The molecule has 1 amide bonds. The summed E-state index contributed by atoms with van der Waals surface area (Å²) in [5.74, 6) is -0.674. The van der Waals surface area contributed by atoms with Gasteiger partial charge in [-0.15, -0.1) is 0 Å². The Balaban J connectivity index is 1.85. The van der Waals surface area contributed by atoms with E-state index < -0.39 is 5.97 Å². The minimum atomic E-state index is -0.990. The number of hydrogen-bond acceptors (Lipinski definition) is 4. The Morgan fingerprint density at radius 2 is 1.75 bits per heavy atom. The number of aryl methyl sites for hydroxylation is 2. The van der Waals surface area contributed by atoms with E-state index in [1.165, 1.54) is 18.3 Å². The van der Waals surface area contributed by atoms with Crippen molar-refractivity contribution < 1.29 is 19.4 Å². The Kier molecular flexibility index (Phi) is 5.68. The van der Waals surface area contributed by atoms with Crippen molar-refractivity contribution in [3.05, 3.63) is 64.7 Å². The van der Waals surface area contributed by atoms with Crippen molar-refractivity contribution in [1.82, 2.24) is 5.43 Å². The van der Waals surface area contributed by atoms with E-state index in [0.717, 1.165) is 11.1 Å². The molecule has 0 aliphatic heterocycles. The monoisotopic (exact) mass is 326 g/mol. The number of aromatic carboxylic acids is 1. The molecule has 6 nitrogen and oxygen atoms in total. The van der Waals surface area contributed by atoms with E-state index in [0.29, 0.717) is 11.3 Å². The molecular weight excluding hydrogens is 308 g/mol. The van der Waals surface area contributed by atoms with E-state index in [9.17, 15) is 9.59 Å². The van der Waals surface area contributed by atoms with Crippen LogP contribution in [0.3, 0.4) is 0 Å². The first-order valence-corrected chi connectivity index (χ1v) is 7.31. The van der Waals surface area contributed by atoms with Gasteiger partial charge in [-0.05, 0) is 42.7 Å². The van der Waals surface area contributed by atoms with Gasteiger partial charge in [0, 0.05) is 0 Å². The van der Waals surface area contributed by atoms with Crippen molar-refractivity contribution in [2.45, 2.75) is 13.8 Å². The summed E-state index contributed by atoms with van der Waals surface area (Å²) < 4.78 is 5.52. The van der Waals surface area contributed by atoms with Crippen LogP contribution in [0.25, 0.3) is 0 Å². The van der Waals surface area contributed by atoms with Gasteiger partial charge in [-0.25, -0.2) is 10.2 Å². The van der Waals surface area contributed by atoms with Gasteiger partial charge in [0.25, 0.3) is 5.91 Å². The number of rotatable bonds is 6. The van der Waals surface area contributed by atoms with Crippen LogP contribution in [0.2, 0.25) is 0 Å². The predicted octanol–water partition coefficient (Wildman–Crippen LogP) is 2.53. The Morgan fingerprint density at radius 1 is 1.12 bits per heavy atom. The van der Waals surface area contributed by atoms with Crippen LogP contribution in [0, 0.1) is 13.8 Å². The molecule has 0 fully saturated rings. The number of nitrogens with one attached hydrogen (secondary N) is 1. The smallest absolute Gasteiger partial charge is 0.335 e. The molecule has 0 aliphatic rings. The molecule has 6 heteroatoms. The van der Waals surface area contributed by atoms with Crippen LogP contribution in [0.1, 0.15) is 27.0 Å². The maximum absolute atomic E-state index is 11.7. The molecule has 2 aromatic carbocycles. The van der Waals surface area contributed by atoms with Crippen molar-refractivity contribution in [2.24, 2.45) is 5.10 Å². The summed E-state index contributed by atoms with van der Waals surface area (Å²) in [6.45, 7) is 3.69. The third-order valence-electron chi connectivity index (χ3n) is 3.32. The van der Waals surface area contributed by atoms with E-state index >= 15 is 0 Å². The fraction of sp³-hybridized carbons (Fsp3) is 0.167. The molecule has 0 aromatic heterocycles.